The number of carbonyl (C=O) groups is 1. The van der Waals surface area contributed by atoms with Crippen molar-refractivity contribution in [2.24, 2.45) is 0 Å². The van der Waals surface area contributed by atoms with E-state index in [9.17, 15) is 9.18 Å². The van der Waals surface area contributed by atoms with Gasteiger partial charge in [0.05, 0.1) is 0 Å². The van der Waals surface area contributed by atoms with E-state index in [1.54, 1.807) is 30.3 Å². The highest BCUT2D eigenvalue weighted by molar-refractivity contribution is 9.10. The zero-order valence-electron chi connectivity index (χ0n) is 9.79. The summed E-state index contributed by atoms with van der Waals surface area (Å²) in [5, 5.41) is 0. The lowest BCUT2D eigenvalue weighted by atomic mass is 10.0. The molecule has 2 aromatic carbocycles. The fraction of sp³-hybridized carbons (Fsp3) is 0.0714. The van der Waals surface area contributed by atoms with E-state index in [0.29, 0.717) is 21.3 Å². The van der Waals surface area contributed by atoms with Gasteiger partial charge in [0.1, 0.15) is 5.82 Å². The third kappa shape index (κ3) is 3.42. The SMILES string of the molecule is Nc1ccc(C(=O)Cc2cc(Br)ccc2F)cc1Br. The lowest BCUT2D eigenvalue weighted by Gasteiger charge is -2.05. The smallest absolute Gasteiger partial charge is 0.167 e. The summed E-state index contributed by atoms with van der Waals surface area (Å²) in [4.78, 5) is 12.1. The summed E-state index contributed by atoms with van der Waals surface area (Å²) >= 11 is 6.53. The van der Waals surface area contributed by atoms with Crippen molar-refractivity contribution in [3.05, 3.63) is 62.3 Å². The van der Waals surface area contributed by atoms with E-state index in [-0.39, 0.29) is 18.0 Å². The standard InChI is InChI=1S/C14H10Br2FNO/c15-10-2-3-12(17)9(5-10)7-14(19)8-1-4-13(18)11(16)6-8/h1-6H,7,18H2. The molecule has 5 heteroatoms. The van der Waals surface area contributed by atoms with E-state index < -0.39 is 0 Å². The second-order valence-electron chi connectivity index (χ2n) is 4.07. The number of halogens is 3. The Morgan fingerprint density at radius 1 is 1.16 bits per heavy atom. The molecule has 2 nitrogen and oxygen atoms in total. The molecule has 0 aliphatic carbocycles. The molecule has 0 aromatic heterocycles. The van der Waals surface area contributed by atoms with Gasteiger partial charge in [0.15, 0.2) is 5.78 Å². The largest absolute Gasteiger partial charge is 0.398 e. The number of carbonyl (C=O) groups excluding carboxylic acids is 1. The van der Waals surface area contributed by atoms with Gasteiger partial charge in [0.2, 0.25) is 0 Å². The highest BCUT2D eigenvalue weighted by Crippen LogP contribution is 2.22. The van der Waals surface area contributed by atoms with Crippen LogP contribution in [0.25, 0.3) is 0 Å². The average molecular weight is 387 g/mol. The van der Waals surface area contributed by atoms with Crippen molar-refractivity contribution < 1.29 is 9.18 Å². The highest BCUT2D eigenvalue weighted by atomic mass is 79.9. The number of nitrogen functional groups attached to an aromatic ring is 1. The first-order valence-electron chi connectivity index (χ1n) is 5.49. The molecule has 19 heavy (non-hydrogen) atoms. The summed E-state index contributed by atoms with van der Waals surface area (Å²) in [6.07, 6.45) is 0.0155. The second-order valence-corrected chi connectivity index (χ2v) is 5.84. The maximum Gasteiger partial charge on any atom is 0.167 e. The van der Waals surface area contributed by atoms with Crippen LogP contribution in [0.1, 0.15) is 15.9 Å². The van der Waals surface area contributed by atoms with Crippen LogP contribution in [0.3, 0.4) is 0 Å². The Morgan fingerprint density at radius 2 is 1.89 bits per heavy atom. The molecule has 0 radical (unpaired) electrons. The number of hydrogen-bond acceptors (Lipinski definition) is 2. The van der Waals surface area contributed by atoms with Gasteiger partial charge in [-0.2, -0.15) is 0 Å². The van der Waals surface area contributed by atoms with Gasteiger partial charge in [-0.05, 0) is 57.9 Å². The average Bonchev–Trinajstić information content (AvgIpc) is 2.37. The van der Waals surface area contributed by atoms with Crippen molar-refractivity contribution in [2.75, 3.05) is 5.73 Å². The minimum Gasteiger partial charge on any atom is -0.398 e. The molecule has 2 rings (SSSR count). The van der Waals surface area contributed by atoms with Gasteiger partial charge < -0.3 is 5.73 Å². The van der Waals surface area contributed by atoms with Gasteiger partial charge in [0.25, 0.3) is 0 Å². The minimum absolute atomic E-state index is 0.0155. The molecular formula is C14H10Br2FNO. The van der Waals surface area contributed by atoms with Gasteiger partial charge in [-0.25, -0.2) is 4.39 Å². The second kappa shape index (κ2) is 5.84. The van der Waals surface area contributed by atoms with Gasteiger partial charge in [0, 0.05) is 26.6 Å². The number of nitrogens with two attached hydrogens (primary N) is 1. The van der Waals surface area contributed by atoms with Gasteiger partial charge >= 0.3 is 0 Å². The maximum absolute atomic E-state index is 13.6. The molecule has 0 heterocycles. The van der Waals surface area contributed by atoms with Crippen LogP contribution in [0.2, 0.25) is 0 Å². The van der Waals surface area contributed by atoms with Crippen molar-refractivity contribution in [3.8, 4) is 0 Å². The molecular weight excluding hydrogens is 377 g/mol. The molecule has 0 unspecified atom stereocenters. The number of rotatable bonds is 3. The third-order valence-corrected chi connectivity index (χ3v) is 3.86. The molecule has 0 bridgehead atoms. The number of Topliss-reactive ketones (excluding diaryl/α,β-unsaturated/α-hetero) is 1. The predicted molar refractivity (Wildman–Crippen MR) is 80.7 cm³/mol. The van der Waals surface area contributed by atoms with Crippen molar-refractivity contribution in [1.29, 1.82) is 0 Å². The lowest BCUT2D eigenvalue weighted by molar-refractivity contribution is 0.0992. The molecule has 0 saturated carbocycles. The Hall–Kier alpha value is -1.20. The topological polar surface area (TPSA) is 43.1 Å². The zero-order chi connectivity index (χ0) is 14.0. The normalized spacial score (nSPS) is 10.5. The van der Waals surface area contributed by atoms with Crippen LogP contribution in [0.5, 0.6) is 0 Å². The molecule has 0 spiro atoms. The Kier molecular flexibility index (Phi) is 4.37. The monoisotopic (exact) mass is 385 g/mol. The van der Waals surface area contributed by atoms with E-state index in [1.165, 1.54) is 6.07 Å². The molecule has 0 amide bonds. The van der Waals surface area contributed by atoms with E-state index in [2.05, 4.69) is 31.9 Å². The van der Waals surface area contributed by atoms with Crippen LogP contribution in [0.4, 0.5) is 10.1 Å². The predicted octanol–water partition coefficient (Wildman–Crippen LogP) is 4.36. The van der Waals surface area contributed by atoms with Crippen LogP contribution in [0.15, 0.2) is 45.3 Å². The van der Waals surface area contributed by atoms with E-state index in [1.807, 2.05) is 0 Å². The Balaban J connectivity index is 2.25. The van der Waals surface area contributed by atoms with Gasteiger partial charge in [-0.3, -0.25) is 4.79 Å². The lowest BCUT2D eigenvalue weighted by Crippen LogP contribution is -2.05. The van der Waals surface area contributed by atoms with Gasteiger partial charge in [-0.1, -0.05) is 15.9 Å². The van der Waals surface area contributed by atoms with Crippen LogP contribution in [0, 0.1) is 5.82 Å². The molecule has 2 aromatic rings. The quantitative estimate of drug-likeness (QED) is 0.629. The molecule has 0 aliphatic heterocycles. The Bertz CT molecular complexity index is 643. The van der Waals surface area contributed by atoms with Crippen molar-refractivity contribution >= 4 is 43.3 Å². The van der Waals surface area contributed by atoms with Crippen LogP contribution in [-0.4, -0.2) is 5.78 Å². The van der Waals surface area contributed by atoms with Gasteiger partial charge in [-0.15, -0.1) is 0 Å². The molecule has 0 fully saturated rings. The minimum atomic E-state index is -0.383. The molecule has 0 saturated heterocycles. The zero-order valence-corrected chi connectivity index (χ0v) is 13.0. The summed E-state index contributed by atoms with van der Waals surface area (Å²) in [6, 6.07) is 9.48. The van der Waals surface area contributed by atoms with Crippen LogP contribution in [-0.2, 0) is 6.42 Å². The molecule has 2 N–H and O–H groups in total. The van der Waals surface area contributed by atoms with Crippen LogP contribution < -0.4 is 5.73 Å². The van der Waals surface area contributed by atoms with E-state index >= 15 is 0 Å². The highest BCUT2D eigenvalue weighted by Gasteiger charge is 2.12. The fourth-order valence-corrected chi connectivity index (χ4v) is 2.44. The van der Waals surface area contributed by atoms with E-state index in [0.717, 1.165) is 4.47 Å². The summed E-state index contributed by atoms with van der Waals surface area (Å²) in [7, 11) is 0. The fourth-order valence-electron chi connectivity index (χ4n) is 1.65. The summed E-state index contributed by atoms with van der Waals surface area (Å²) in [5.74, 6) is -0.538. The Labute approximate surface area is 127 Å². The first kappa shape index (κ1) is 14.2. The summed E-state index contributed by atoms with van der Waals surface area (Å²) in [5.41, 5.74) is 7.09. The van der Waals surface area contributed by atoms with E-state index in [4.69, 9.17) is 5.73 Å². The first-order valence-corrected chi connectivity index (χ1v) is 7.08. The molecule has 0 atom stereocenters. The van der Waals surface area contributed by atoms with Crippen molar-refractivity contribution in [2.45, 2.75) is 6.42 Å². The number of benzene rings is 2. The van der Waals surface area contributed by atoms with Crippen molar-refractivity contribution in [3.63, 3.8) is 0 Å². The number of ketones is 1. The number of anilines is 1. The first-order chi connectivity index (χ1) is 8.97. The summed E-state index contributed by atoms with van der Waals surface area (Å²) < 4.78 is 15.0. The number of hydrogen-bond donors (Lipinski definition) is 1. The maximum atomic E-state index is 13.6. The van der Waals surface area contributed by atoms with Crippen molar-refractivity contribution in [1.82, 2.24) is 0 Å². The Morgan fingerprint density at radius 3 is 2.58 bits per heavy atom. The van der Waals surface area contributed by atoms with Crippen LogP contribution >= 0.6 is 31.9 Å². The molecule has 0 aliphatic rings. The molecule has 98 valence electrons. The summed E-state index contributed by atoms with van der Waals surface area (Å²) in [6.45, 7) is 0. The third-order valence-electron chi connectivity index (χ3n) is 2.68.